The molecule has 106 valence electrons. The average molecular weight is 298 g/mol. The standard InChI is InChI=1S/C11H20ClNO4S/c1-11(2,3)17-6-4-5-13-8-9(7-10(13)14)18(12,15)16/h9H,4-8H2,1-3H3. The van der Waals surface area contributed by atoms with Crippen LogP contribution >= 0.6 is 10.7 Å². The highest BCUT2D eigenvalue weighted by molar-refractivity contribution is 8.14. The summed E-state index contributed by atoms with van der Waals surface area (Å²) in [6, 6.07) is 0. The number of hydrogen-bond acceptors (Lipinski definition) is 4. The average Bonchev–Trinajstić information content (AvgIpc) is 2.53. The Morgan fingerprint density at radius 3 is 2.50 bits per heavy atom. The van der Waals surface area contributed by atoms with Crippen molar-refractivity contribution in [3.63, 3.8) is 0 Å². The van der Waals surface area contributed by atoms with Crippen molar-refractivity contribution in [3.05, 3.63) is 0 Å². The highest BCUT2D eigenvalue weighted by Crippen LogP contribution is 2.21. The second kappa shape index (κ2) is 5.75. The molecule has 1 aliphatic heterocycles. The van der Waals surface area contributed by atoms with Crippen LogP contribution in [0.3, 0.4) is 0 Å². The molecule has 0 aromatic heterocycles. The van der Waals surface area contributed by atoms with Crippen LogP contribution in [0.15, 0.2) is 0 Å². The fourth-order valence-corrected chi connectivity index (χ4v) is 2.83. The van der Waals surface area contributed by atoms with E-state index >= 15 is 0 Å². The molecule has 1 aliphatic rings. The van der Waals surface area contributed by atoms with Gasteiger partial charge in [-0.25, -0.2) is 8.42 Å². The van der Waals surface area contributed by atoms with Crippen molar-refractivity contribution < 1.29 is 17.9 Å². The zero-order chi connectivity index (χ0) is 14.0. The number of carbonyl (C=O) groups excluding carboxylic acids is 1. The molecule has 0 aromatic carbocycles. The number of rotatable bonds is 5. The highest BCUT2D eigenvalue weighted by atomic mass is 35.7. The molecule has 7 heteroatoms. The second-order valence-corrected chi connectivity index (χ2v) is 8.36. The van der Waals surface area contributed by atoms with Gasteiger partial charge in [-0.1, -0.05) is 0 Å². The first-order chi connectivity index (χ1) is 8.09. The molecule has 5 nitrogen and oxygen atoms in total. The molecule has 1 saturated heterocycles. The van der Waals surface area contributed by atoms with Gasteiger partial charge in [-0.05, 0) is 27.2 Å². The van der Waals surface area contributed by atoms with Gasteiger partial charge in [0.25, 0.3) is 0 Å². The largest absolute Gasteiger partial charge is 0.376 e. The van der Waals surface area contributed by atoms with Gasteiger partial charge in [-0.2, -0.15) is 0 Å². The van der Waals surface area contributed by atoms with Gasteiger partial charge in [0.05, 0.1) is 5.60 Å². The quantitative estimate of drug-likeness (QED) is 0.568. The van der Waals surface area contributed by atoms with Crippen molar-refractivity contribution in [2.75, 3.05) is 19.7 Å². The summed E-state index contributed by atoms with van der Waals surface area (Å²) in [5.41, 5.74) is -0.197. The van der Waals surface area contributed by atoms with Crippen LogP contribution in [0.25, 0.3) is 0 Å². The van der Waals surface area contributed by atoms with Gasteiger partial charge >= 0.3 is 0 Å². The van der Waals surface area contributed by atoms with E-state index in [1.54, 1.807) is 0 Å². The Morgan fingerprint density at radius 2 is 2.06 bits per heavy atom. The van der Waals surface area contributed by atoms with Crippen molar-refractivity contribution in [1.82, 2.24) is 4.90 Å². The molecule has 0 spiro atoms. The SMILES string of the molecule is CC(C)(C)OCCCN1CC(S(=O)(=O)Cl)CC1=O. The normalized spacial score (nSPS) is 21.7. The molecule has 1 fully saturated rings. The summed E-state index contributed by atoms with van der Waals surface area (Å²) < 4.78 is 27.8. The molecule has 18 heavy (non-hydrogen) atoms. The van der Waals surface area contributed by atoms with Crippen LogP contribution in [0, 0.1) is 0 Å². The van der Waals surface area contributed by atoms with Crippen LogP contribution in [0.1, 0.15) is 33.6 Å². The smallest absolute Gasteiger partial charge is 0.237 e. The number of halogens is 1. The molecule has 1 amide bonds. The van der Waals surface area contributed by atoms with Crippen molar-refractivity contribution in [3.8, 4) is 0 Å². The van der Waals surface area contributed by atoms with Crippen molar-refractivity contribution in [1.29, 1.82) is 0 Å². The summed E-state index contributed by atoms with van der Waals surface area (Å²) in [5, 5.41) is -0.768. The Labute approximate surface area is 113 Å². The summed E-state index contributed by atoms with van der Waals surface area (Å²) in [6.07, 6.45) is 0.685. The summed E-state index contributed by atoms with van der Waals surface area (Å²) in [6.45, 7) is 7.14. The van der Waals surface area contributed by atoms with Crippen LogP contribution in [0.4, 0.5) is 0 Å². The van der Waals surface area contributed by atoms with Gasteiger partial charge in [0.1, 0.15) is 5.25 Å². The van der Waals surface area contributed by atoms with E-state index in [2.05, 4.69) is 0 Å². The third kappa shape index (κ3) is 5.12. The van der Waals surface area contributed by atoms with Gasteiger partial charge in [-0.15, -0.1) is 0 Å². The first kappa shape index (κ1) is 15.7. The van der Waals surface area contributed by atoms with E-state index < -0.39 is 14.3 Å². The Morgan fingerprint density at radius 1 is 1.44 bits per heavy atom. The first-order valence-electron chi connectivity index (χ1n) is 5.95. The fraction of sp³-hybridized carbons (Fsp3) is 0.909. The molecule has 0 N–H and O–H groups in total. The monoisotopic (exact) mass is 297 g/mol. The molecule has 0 radical (unpaired) electrons. The minimum absolute atomic E-state index is 0.00797. The summed E-state index contributed by atoms with van der Waals surface area (Å²) in [7, 11) is 1.62. The molecule has 0 aliphatic carbocycles. The lowest BCUT2D eigenvalue weighted by Crippen LogP contribution is -2.29. The molecule has 1 rings (SSSR count). The Kier molecular flexibility index (Phi) is 5.03. The topological polar surface area (TPSA) is 63.7 Å². The molecule has 1 atom stereocenters. The first-order valence-corrected chi connectivity index (χ1v) is 8.32. The van der Waals surface area contributed by atoms with E-state index in [0.717, 1.165) is 0 Å². The maximum absolute atomic E-state index is 11.6. The Hall–Kier alpha value is -0.330. The minimum atomic E-state index is -3.64. The summed E-state index contributed by atoms with van der Waals surface area (Å²) >= 11 is 0. The van der Waals surface area contributed by atoms with Crippen LogP contribution < -0.4 is 0 Å². The zero-order valence-electron chi connectivity index (χ0n) is 11.0. The molecular formula is C11H20ClNO4S. The Bertz CT molecular complexity index is 402. The molecule has 0 bridgehead atoms. The van der Waals surface area contributed by atoms with Gasteiger partial charge in [0.15, 0.2) is 0 Å². The number of hydrogen-bond donors (Lipinski definition) is 0. The zero-order valence-corrected chi connectivity index (χ0v) is 12.6. The molecule has 0 saturated carbocycles. The maximum Gasteiger partial charge on any atom is 0.237 e. The fourth-order valence-electron chi connectivity index (χ4n) is 1.77. The number of ether oxygens (including phenoxy) is 1. The number of carbonyl (C=O) groups is 1. The van der Waals surface area contributed by atoms with E-state index in [4.69, 9.17) is 15.4 Å². The summed E-state index contributed by atoms with van der Waals surface area (Å²) in [5.74, 6) is -0.153. The predicted molar refractivity (Wildman–Crippen MR) is 70.1 cm³/mol. The lowest BCUT2D eigenvalue weighted by molar-refractivity contribution is -0.127. The van der Waals surface area contributed by atoms with Crippen LogP contribution in [0.2, 0.25) is 0 Å². The van der Waals surface area contributed by atoms with E-state index in [9.17, 15) is 13.2 Å². The molecular weight excluding hydrogens is 278 g/mol. The van der Waals surface area contributed by atoms with Gasteiger partial charge < -0.3 is 9.64 Å². The highest BCUT2D eigenvalue weighted by Gasteiger charge is 2.36. The number of nitrogens with zero attached hydrogens (tertiary/aromatic N) is 1. The lowest BCUT2D eigenvalue weighted by atomic mass is 10.2. The predicted octanol–water partition coefficient (Wildman–Crippen LogP) is 1.36. The third-order valence-corrected chi connectivity index (χ3v) is 4.55. The van der Waals surface area contributed by atoms with Crippen molar-refractivity contribution in [2.24, 2.45) is 0 Å². The number of likely N-dealkylation sites (tertiary alicyclic amines) is 1. The van der Waals surface area contributed by atoms with E-state index in [-0.39, 0.29) is 24.5 Å². The molecule has 1 heterocycles. The number of amides is 1. The second-order valence-electron chi connectivity index (χ2n) is 5.46. The lowest BCUT2D eigenvalue weighted by Gasteiger charge is -2.21. The van der Waals surface area contributed by atoms with Crippen molar-refractivity contribution in [2.45, 2.75) is 44.5 Å². The molecule has 1 unspecified atom stereocenters. The maximum atomic E-state index is 11.6. The van der Waals surface area contributed by atoms with E-state index in [0.29, 0.717) is 19.6 Å². The van der Waals surface area contributed by atoms with Crippen LogP contribution in [-0.4, -0.2) is 49.8 Å². The third-order valence-electron chi connectivity index (χ3n) is 2.68. The summed E-state index contributed by atoms with van der Waals surface area (Å²) in [4.78, 5) is 13.1. The van der Waals surface area contributed by atoms with Gasteiger partial charge in [0.2, 0.25) is 15.0 Å². The molecule has 0 aromatic rings. The van der Waals surface area contributed by atoms with E-state index in [1.165, 1.54) is 4.90 Å². The van der Waals surface area contributed by atoms with Gasteiger partial charge in [-0.3, -0.25) is 4.79 Å². The minimum Gasteiger partial charge on any atom is -0.376 e. The van der Waals surface area contributed by atoms with Crippen molar-refractivity contribution >= 4 is 25.6 Å². The van der Waals surface area contributed by atoms with Crippen LogP contribution in [0.5, 0.6) is 0 Å². The van der Waals surface area contributed by atoms with Gasteiger partial charge in [0, 0.05) is 36.8 Å². The Balaban J connectivity index is 2.34. The van der Waals surface area contributed by atoms with Crippen LogP contribution in [-0.2, 0) is 18.6 Å². The van der Waals surface area contributed by atoms with E-state index in [1.807, 2.05) is 20.8 Å².